The Morgan fingerprint density at radius 3 is 1.19 bits per heavy atom. The van der Waals surface area contributed by atoms with Crippen LogP contribution in [0.15, 0.2) is 243 Å². The van der Waals surface area contributed by atoms with Crippen molar-refractivity contribution in [3.63, 3.8) is 0 Å². The molecule has 5 aromatic heterocycles. The molecule has 0 saturated heterocycles. The minimum atomic E-state index is 0.636. The molecular weight excluding hydrogens is 969 g/mol. The summed E-state index contributed by atoms with van der Waals surface area (Å²) in [5.74, 6) is 1.92. The van der Waals surface area contributed by atoms with E-state index < -0.39 is 0 Å². The van der Waals surface area contributed by atoms with E-state index in [9.17, 15) is 0 Å². The highest BCUT2D eigenvalue weighted by Gasteiger charge is 2.22. The SMILES string of the molecule is Cc1cc(-c2nc(-c3ccccc3)nc(-c3ccccc3)n2)cc(C)c1-n1c2cc(-c3ccc4sc5ccc(-n6c7ccccc7c7ccccc76)cc5c4c3)ccc2c2ccc(-n3c4ccccc4c4ccccc43)cc21. The van der Waals surface area contributed by atoms with E-state index in [0.717, 1.165) is 61.5 Å². The van der Waals surface area contributed by atoms with Crippen LogP contribution in [-0.4, -0.2) is 28.7 Å². The molecule has 0 atom stereocenters. The zero-order valence-electron chi connectivity index (χ0n) is 42.7. The maximum absolute atomic E-state index is 5.15. The zero-order chi connectivity index (χ0) is 51.6. The van der Waals surface area contributed by atoms with Crippen molar-refractivity contribution in [1.29, 1.82) is 0 Å². The molecule has 11 aromatic carbocycles. The fraction of sp³-hybridized carbons (Fsp3) is 0.0282. The van der Waals surface area contributed by atoms with Gasteiger partial charge in [0.05, 0.1) is 38.8 Å². The lowest BCUT2D eigenvalue weighted by Gasteiger charge is -2.17. The first-order chi connectivity index (χ1) is 38.5. The van der Waals surface area contributed by atoms with E-state index in [1.165, 1.54) is 80.1 Å². The molecule has 5 heterocycles. The van der Waals surface area contributed by atoms with E-state index in [1.54, 1.807) is 0 Å². The van der Waals surface area contributed by atoms with Crippen LogP contribution in [0.25, 0.3) is 148 Å². The van der Waals surface area contributed by atoms with Crippen molar-refractivity contribution in [3.05, 3.63) is 254 Å². The van der Waals surface area contributed by atoms with Gasteiger partial charge in [-0.25, -0.2) is 15.0 Å². The van der Waals surface area contributed by atoms with Crippen molar-refractivity contribution < 1.29 is 0 Å². The second-order valence-electron chi connectivity index (χ2n) is 20.5. The predicted molar refractivity (Wildman–Crippen MR) is 327 cm³/mol. The molecule has 0 saturated carbocycles. The molecule has 0 aliphatic rings. The first-order valence-electron chi connectivity index (χ1n) is 26.5. The Hall–Kier alpha value is -9.95. The normalized spacial score (nSPS) is 12.0. The number of aryl methyl sites for hydroxylation is 2. The summed E-state index contributed by atoms with van der Waals surface area (Å²) < 4.78 is 9.90. The number of benzene rings is 11. The van der Waals surface area contributed by atoms with Gasteiger partial charge in [0, 0.05) is 80.6 Å². The van der Waals surface area contributed by atoms with Gasteiger partial charge in [0.1, 0.15) is 0 Å². The third-order valence-corrected chi connectivity index (χ3v) is 17.0. The summed E-state index contributed by atoms with van der Waals surface area (Å²) in [5.41, 5.74) is 17.9. The van der Waals surface area contributed by atoms with Gasteiger partial charge >= 0.3 is 0 Å². The maximum atomic E-state index is 5.15. The summed E-state index contributed by atoms with van der Waals surface area (Å²) in [5, 5.41) is 9.92. The van der Waals surface area contributed by atoms with Crippen LogP contribution in [0.2, 0.25) is 0 Å². The summed E-state index contributed by atoms with van der Waals surface area (Å²) in [6, 6.07) is 87.9. The molecule has 0 aliphatic carbocycles. The van der Waals surface area contributed by atoms with Crippen LogP contribution < -0.4 is 0 Å². The topological polar surface area (TPSA) is 53.5 Å². The number of hydrogen-bond acceptors (Lipinski definition) is 4. The number of hydrogen-bond donors (Lipinski definition) is 0. The quantitative estimate of drug-likeness (QED) is 0.160. The van der Waals surface area contributed by atoms with Gasteiger partial charge in [-0.1, -0.05) is 158 Å². The van der Waals surface area contributed by atoms with Crippen LogP contribution in [0.1, 0.15) is 11.1 Å². The zero-order valence-corrected chi connectivity index (χ0v) is 43.5. The van der Waals surface area contributed by atoms with Crippen molar-refractivity contribution in [3.8, 4) is 62.4 Å². The second kappa shape index (κ2) is 17.3. The number of rotatable bonds is 7. The van der Waals surface area contributed by atoms with Crippen molar-refractivity contribution in [1.82, 2.24) is 28.7 Å². The molecule has 16 rings (SSSR count). The van der Waals surface area contributed by atoms with E-state index in [-0.39, 0.29) is 0 Å². The number of para-hydroxylation sites is 4. The summed E-state index contributed by atoms with van der Waals surface area (Å²) in [6.07, 6.45) is 0. The standard InChI is InChI=1S/C71H46N6S/c1-43-37-49(71-73-69(45-17-5-3-6-18-45)72-70(74-71)46-19-7-4-8-20-46)38-44(2)68(43)77-64-40-48(29-33-56(64)57-34-31-51(42-65(57)77)76-62-27-15-11-23-54(62)55-24-12-16-28-63(55)76)47-30-35-66-58(39-47)59-41-50(32-36-67(59)78-66)75-60-25-13-9-21-52(60)53-22-10-14-26-61(53)75/h3-42H,1-2H3. The maximum Gasteiger partial charge on any atom is 0.164 e. The van der Waals surface area contributed by atoms with Crippen molar-refractivity contribution in [2.75, 3.05) is 0 Å². The van der Waals surface area contributed by atoms with Crippen molar-refractivity contribution in [2.24, 2.45) is 0 Å². The lowest BCUT2D eigenvalue weighted by atomic mass is 10.0. The lowest BCUT2D eigenvalue weighted by molar-refractivity contribution is 1.07. The average Bonchev–Trinajstić information content (AvgIpc) is 4.41. The highest BCUT2D eigenvalue weighted by atomic mass is 32.1. The molecule has 78 heavy (non-hydrogen) atoms. The summed E-state index contributed by atoms with van der Waals surface area (Å²) in [6.45, 7) is 4.45. The molecule has 0 unspecified atom stereocenters. The van der Waals surface area contributed by atoms with Gasteiger partial charge in [-0.05, 0) is 121 Å². The van der Waals surface area contributed by atoms with Gasteiger partial charge < -0.3 is 13.7 Å². The molecule has 0 amide bonds. The molecule has 0 aliphatic heterocycles. The van der Waals surface area contributed by atoms with Crippen LogP contribution in [0, 0.1) is 13.8 Å². The third-order valence-electron chi connectivity index (χ3n) is 15.9. The van der Waals surface area contributed by atoms with Crippen molar-refractivity contribution in [2.45, 2.75) is 13.8 Å². The van der Waals surface area contributed by atoms with Crippen LogP contribution in [-0.2, 0) is 0 Å². The van der Waals surface area contributed by atoms with Gasteiger partial charge in [0.25, 0.3) is 0 Å². The fourth-order valence-electron chi connectivity index (χ4n) is 12.4. The van der Waals surface area contributed by atoms with E-state index in [1.807, 2.05) is 47.7 Å². The molecule has 366 valence electrons. The summed E-state index contributed by atoms with van der Waals surface area (Å²) in [7, 11) is 0. The molecular formula is C71H46N6S. The first kappa shape index (κ1) is 44.4. The Morgan fingerprint density at radius 1 is 0.269 bits per heavy atom. The Labute approximate surface area is 453 Å². The van der Waals surface area contributed by atoms with Gasteiger partial charge in [-0.15, -0.1) is 11.3 Å². The number of thiophene rings is 1. The minimum Gasteiger partial charge on any atom is -0.309 e. The highest BCUT2D eigenvalue weighted by Crippen LogP contribution is 2.43. The number of nitrogens with zero attached hydrogens (tertiary/aromatic N) is 6. The minimum absolute atomic E-state index is 0.636. The highest BCUT2D eigenvalue weighted by molar-refractivity contribution is 7.25. The van der Waals surface area contributed by atoms with E-state index in [0.29, 0.717) is 17.5 Å². The Bertz CT molecular complexity index is 4930. The lowest BCUT2D eigenvalue weighted by Crippen LogP contribution is -2.04. The third kappa shape index (κ3) is 6.85. The number of aromatic nitrogens is 6. The van der Waals surface area contributed by atoms with E-state index >= 15 is 0 Å². The van der Waals surface area contributed by atoms with Crippen LogP contribution in [0.4, 0.5) is 0 Å². The van der Waals surface area contributed by atoms with E-state index in [2.05, 4.69) is 234 Å². The van der Waals surface area contributed by atoms with Gasteiger partial charge in [0.2, 0.25) is 0 Å². The Morgan fingerprint density at radius 2 is 0.654 bits per heavy atom. The second-order valence-corrected chi connectivity index (χ2v) is 21.6. The molecule has 7 heteroatoms. The molecule has 0 fully saturated rings. The predicted octanol–water partition coefficient (Wildman–Crippen LogP) is 18.8. The fourth-order valence-corrected chi connectivity index (χ4v) is 13.5. The van der Waals surface area contributed by atoms with Crippen LogP contribution >= 0.6 is 11.3 Å². The van der Waals surface area contributed by atoms with E-state index in [4.69, 9.17) is 15.0 Å². The molecule has 0 N–H and O–H groups in total. The largest absolute Gasteiger partial charge is 0.309 e. The van der Waals surface area contributed by atoms with Crippen LogP contribution in [0.5, 0.6) is 0 Å². The summed E-state index contributed by atoms with van der Waals surface area (Å²) >= 11 is 1.86. The Balaban J connectivity index is 0.896. The molecule has 6 nitrogen and oxygen atoms in total. The molecule has 0 spiro atoms. The summed E-state index contributed by atoms with van der Waals surface area (Å²) in [4.78, 5) is 15.3. The molecule has 0 bridgehead atoms. The van der Waals surface area contributed by atoms with Gasteiger partial charge in [0.15, 0.2) is 17.5 Å². The Kier molecular flexibility index (Phi) is 9.84. The first-order valence-corrected chi connectivity index (χ1v) is 27.3. The molecule has 16 aromatic rings. The van der Waals surface area contributed by atoms with Gasteiger partial charge in [-0.2, -0.15) is 0 Å². The van der Waals surface area contributed by atoms with Crippen LogP contribution in [0.3, 0.4) is 0 Å². The monoisotopic (exact) mass is 1010 g/mol. The average molecular weight is 1020 g/mol. The molecule has 0 radical (unpaired) electrons. The smallest absolute Gasteiger partial charge is 0.164 e. The van der Waals surface area contributed by atoms with Gasteiger partial charge in [-0.3, -0.25) is 0 Å². The number of fused-ring (bicyclic) bond motifs is 12. The van der Waals surface area contributed by atoms with Crippen molar-refractivity contribution >= 4 is 96.9 Å².